The number of hydrogen-bond acceptors (Lipinski definition) is 7. The summed E-state index contributed by atoms with van der Waals surface area (Å²) < 4.78 is 27.8. The summed E-state index contributed by atoms with van der Waals surface area (Å²) in [5, 5.41) is 10.5. The molecular formula is C16H20N4O4S2. The number of rotatable bonds is 6. The number of nitrogens with zero attached hydrogens (tertiary/aromatic N) is 2. The number of benzene rings is 1. The number of nitrogens with two attached hydrogens (primary N) is 1. The highest BCUT2D eigenvalue weighted by Crippen LogP contribution is 2.14. The molecule has 1 aliphatic rings. The molecule has 0 spiro atoms. The molecule has 1 amide bonds. The average Bonchev–Trinajstić information content (AvgIpc) is 3.09. The van der Waals surface area contributed by atoms with Gasteiger partial charge in [0.25, 0.3) is 5.91 Å². The number of amides is 1. The third-order valence-electron chi connectivity index (χ3n) is 3.95. The van der Waals surface area contributed by atoms with Crippen molar-refractivity contribution in [1.82, 2.24) is 15.2 Å². The molecule has 26 heavy (non-hydrogen) atoms. The molecule has 140 valence electrons. The Hall–Kier alpha value is -1.85. The zero-order valence-electron chi connectivity index (χ0n) is 14.1. The van der Waals surface area contributed by atoms with Gasteiger partial charge < -0.3 is 10.1 Å². The summed E-state index contributed by atoms with van der Waals surface area (Å²) in [7, 11) is -3.71. The summed E-state index contributed by atoms with van der Waals surface area (Å²) in [6.07, 6.45) is 0. The molecule has 0 radical (unpaired) electrons. The molecule has 1 aromatic carbocycles. The van der Waals surface area contributed by atoms with E-state index in [1.54, 1.807) is 17.5 Å². The Labute approximate surface area is 156 Å². The fourth-order valence-electron chi connectivity index (χ4n) is 2.51. The minimum Gasteiger partial charge on any atom is -0.379 e. The van der Waals surface area contributed by atoms with Gasteiger partial charge in [0, 0.05) is 25.0 Å². The van der Waals surface area contributed by atoms with Crippen LogP contribution in [0.2, 0.25) is 0 Å². The quantitative estimate of drug-likeness (QED) is 0.737. The monoisotopic (exact) mass is 396 g/mol. The smallest absolute Gasteiger partial charge is 0.271 e. The lowest BCUT2D eigenvalue weighted by atomic mass is 10.2. The average molecular weight is 396 g/mol. The van der Waals surface area contributed by atoms with Gasteiger partial charge in [-0.1, -0.05) is 12.1 Å². The van der Waals surface area contributed by atoms with Crippen LogP contribution in [0, 0.1) is 0 Å². The van der Waals surface area contributed by atoms with Gasteiger partial charge in [0.2, 0.25) is 10.0 Å². The zero-order valence-corrected chi connectivity index (χ0v) is 15.7. The van der Waals surface area contributed by atoms with Crippen molar-refractivity contribution < 1.29 is 17.9 Å². The molecule has 1 aliphatic heterocycles. The molecule has 1 aromatic heterocycles. The van der Waals surface area contributed by atoms with Crippen molar-refractivity contribution in [2.24, 2.45) is 5.14 Å². The summed E-state index contributed by atoms with van der Waals surface area (Å²) in [6.45, 7) is 4.19. The molecule has 0 unspecified atom stereocenters. The molecule has 2 heterocycles. The van der Waals surface area contributed by atoms with Gasteiger partial charge in [-0.2, -0.15) is 0 Å². The van der Waals surface area contributed by atoms with Gasteiger partial charge in [-0.25, -0.2) is 18.5 Å². The molecule has 1 saturated heterocycles. The lowest BCUT2D eigenvalue weighted by molar-refractivity contribution is 0.0341. The summed E-state index contributed by atoms with van der Waals surface area (Å²) in [6, 6.07) is 6.07. The van der Waals surface area contributed by atoms with E-state index < -0.39 is 10.0 Å². The van der Waals surface area contributed by atoms with Crippen molar-refractivity contribution in [2.75, 3.05) is 26.3 Å². The second kappa shape index (κ2) is 8.23. The number of primary sulfonamides is 1. The summed E-state index contributed by atoms with van der Waals surface area (Å²) in [4.78, 5) is 18.9. The lowest BCUT2D eigenvalue weighted by Gasteiger charge is -2.25. The number of sulfonamides is 1. The molecule has 10 heteroatoms. The second-order valence-corrected chi connectivity index (χ2v) is 8.39. The van der Waals surface area contributed by atoms with Crippen LogP contribution >= 0.6 is 11.3 Å². The van der Waals surface area contributed by atoms with Gasteiger partial charge in [0.1, 0.15) is 10.7 Å². The maximum Gasteiger partial charge on any atom is 0.271 e. The molecule has 8 nitrogen and oxygen atoms in total. The van der Waals surface area contributed by atoms with E-state index in [9.17, 15) is 13.2 Å². The molecule has 0 atom stereocenters. The minimum atomic E-state index is -3.71. The van der Waals surface area contributed by atoms with E-state index in [1.165, 1.54) is 23.5 Å². The van der Waals surface area contributed by atoms with E-state index >= 15 is 0 Å². The van der Waals surface area contributed by atoms with Crippen LogP contribution in [0.5, 0.6) is 0 Å². The Morgan fingerprint density at radius 1 is 1.27 bits per heavy atom. The normalized spacial score (nSPS) is 15.7. The van der Waals surface area contributed by atoms with E-state index in [0.717, 1.165) is 43.4 Å². The van der Waals surface area contributed by atoms with Crippen molar-refractivity contribution in [3.63, 3.8) is 0 Å². The number of nitrogens with one attached hydrogen (secondary N) is 1. The first-order valence-electron chi connectivity index (χ1n) is 8.06. The minimum absolute atomic E-state index is 0.0415. The highest BCUT2D eigenvalue weighted by Gasteiger charge is 2.15. The second-order valence-electron chi connectivity index (χ2n) is 5.89. The van der Waals surface area contributed by atoms with Crippen LogP contribution in [0.3, 0.4) is 0 Å². The summed E-state index contributed by atoms with van der Waals surface area (Å²) in [5.41, 5.74) is 1.16. The van der Waals surface area contributed by atoms with Gasteiger partial charge in [0.05, 0.1) is 24.7 Å². The highest BCUT2D eigenvalue weighted by atomic mass is 32.2. The van der Waals surface area contributed by atoms with Crippen LogP contribution in [-0.4, -0.2) is 50.5 Å². The maximum absolute atomic E-state index is 12.2. The number of carbonyl (C=O) groups is 1. The Bertz CT molecular complexity index is 859. The number of aromatic nitrogens is 1. The molecule has 2 aromatic rings. The first kappa shape index (κ1) is 18.9. The Morgan fingerprint density at radius 3 is 2.62 bits per heavy atom. The van der Waals surface area contributed by atoms with E-state index in [0.29, 0.717) is 5.69 Å². The Morgan fingerprint density at radius 2 is 1.96 bits per heavy atom. The van der Waals surface area contributed by atoms with Crippen LogP contribution in [0.15, 0.2) is 34.5 Å². The van der Waals surface area contributed by atoms with Crippen molar-refractivity contribution >= 4 is 27.3 Å². The molecule has 0 saturated carbocycles. The van der Waals surface area contributed by atoms with Crippen LogP contribution in [-0.2, 0) is 27.8 Å². The number of carbonyl (C=O) groups excluding carboxylic acids is 1. The van der Waals surface area contributed by atoms with E-state index in [2.05, 4.69) is 15.2 Å². The number of morpholine rings is 1. The van der Waals surface area contributed by atoms with Crippen molar-refractivity contribution in [3.8, 4) is 0 Å². The van der Waals surface area contributed by atoms with Crippen LogP contribution in [0.4, 0.5) is 0 Å². The van der Waals surface area contributed by atoms with Gasteiger partial charge in [-0.15, -0.1) is 11.3 Å². The van der Waals surface area contributed by atoms with E-state index in [-0.39, 0.29) is 17.3 Å². The third-order valence-corrected chi connectivity index (χ3v) is 5.71. The molecule has 1 fully saturated rings. The number of thiazole rings is 1. The Balaban J connectivity index is 1.53. The first-order valence-corrected chi connectivity index (χ1v) is 10.5. The van der Waals surface area contributed by atoms with E-state index in [1.807, 2.05) is 0 Å². The predicted octanol–water partition coefficient (Wildman–Crippen LogP) is 0.553. The van der Waals surface area contributed by atoms with Gasteiger partial charge in [-0.3, -0.25) is 9.69 Å². The topological polar surface area (TPSA) is 115 Å². The number of ether oxygens (including phenoxy) is 1. The van der Waals surface area contributed by atoms with Gasteiger partial charge >= 0.3 is 0 Å². The summed E-state index contributed by atoms with van der Waals surface area (Å²) >= 11 is 1.46. The fourth-order valence-corrected chi connectivity index (χ4v) is 3.84. The van der Waals surface area contributed by atoms with Crippen molar-refractivity contribution in [1.29, 1.82) is 0 Å². The molecule has 0 bridgehead atoms. The SMILES string of the molecule is NS(=O)(=O)c1ccc(CNC(=O)c2csc(CN3CCOCC3)n2)cc1. The molecular weight excluding hydrogens is 376 g/mol. The lowest BCUT2D eigenvalue weighted by Crippen LogP contribution is -2.35. The zero-order chi connectivity index (χ0) is 18.6. The van der Waals surface area contributed by atoms with Gasteiger partial charge in [0.15, 0.2) is 0 Å². The third kappa shape index (κ3) is 5.08. The first-order chi connectivity index (χ1) is 12.4. The van der Waals surface area contributed by atoms with Crippen LogP contribution < -0.4 is 10.5 Å². The largest absolute Gasteiger partial charge is 0.379 e. The van der Waals surface area contributed by atoms with E-state index in [4.69, 9.17) is 9.88 Å². The van der Waals surface area contributed by atoms with Crippen molar-refractivity contribution in [2.45, 2.75) is 18.0 Å². The fraction of sp³-hybridized carbons (Fsp3) is 0.375. The molecule has 3 N–H and O–H groups in total. The number of hydrogen-bond donors (Lipinski definition) is 2. The standard InChI is InChI=1S/C16H20N4O4S2/c17-26(22,23)13-3-1-12(2-4-13)9-18-16(21)14-11-25-15(19-14)10-20-5-7-24-8-6-20/h1-4,11H,5-10H2,(H,18,21)(H2,17,22,23). The predicted molar refractivity (Wildman–Crippen MR) is 97.2 cm³/mol. The highest BCUT2D eigenvalue weighted by molar-refractivity contribution is 7.89. The van der Waals surface area contributed by atoms with Gasteiger partial charge in [-0.05, 0) is 17.7 Å². The molecule has 0 aliphatic carbocycles. The van der Waals surface area contributed by atoms with Crippen molar-refractivity contribution in [3.05, 3.63) is 45.9 Å². The molecule has 3 rings (SSSR count). The van der Waals surface area contributed by atoms with Crippen LogP contribution in [0.25, 0.3) is 0 Å². The van der Waals surface area contributed by atoms with Crippen LogP contribution in [0.1, 0.15) is 21.1 Å². The summed E-state index contributed by atoms with van der Waals surface area (Å²) in [5.74, 6) is -0.259. The Kier molecular flexibility index (Phi) is 5.99. The maximum atomic E-state index is 12.2.